The number of hydrogen-bond donors (Lipinski definition) is 0. The lowest BCUT2D eigenvalue weighted by atomic mass is 9.61. The summed E-state index contributed by atoms with van der Waals surface area (Å²) in [7, 11) is 0. The van der Waals surface area contributed by atoms with Crippen molar-refractivity contribution in [2.75, 3.05) is 0 Å². The Hall–Kier alpha value is -1.06. The Kier molecular flexibility index (Phi) is 5.60. The van der Waals surface area contributed by atoms with Crippen molar-refractivity contribution in [3.8, 4) is 0 Å². The van der Waals surface area contributed by atoms with E-state index in [2.05, 4.69) is 0 Å². The van der Waals surface area contributed by atoms with Crippen LogP contribution >= 0.6 is 0 Å². The number of rotatable bonds is 3. The Morgan fingerprint density at radius 3 is 1.83 bits per heavy atom. The molecule has 2 unspecified atom stereocenters. The van der Waals surface area contributed by atoms with Crippen molar-refractivity contribution in [1.29, 1.82) is 0 Å². The number of ether oxygens (including phenoxy) is 2. The second-order valence-electron chi connectivity index (χ2n) is 9.23. The van der Waals surface area contributed by atoms with Crippen molar-refractivity contribution in [1.82, 2.24) is 0 Å². The lowest BCUT2D eigenvalue weighted by molar-refractivity contribution is -0.181. The van der Waals surface area contributed by atoms with Crippen molar-refractivity contribution in [2.45, 2.75) is 98.7 Å². The van der Waals surface area contributed by atoms with E-state index in [-0.39, 0.29) is 11.9 Å². The molecule has 1 rings (SSSR count). The predicted octanol–water partition coefficient (Wildman–Crippen LogP) is 4.65. The summed E-state index contributed by atoms with van der Waals surface area (Å²) in [6, 6.07) is 0. The SMILES string of the molecule is CCC1(C(=O)OC(C)(C)C)CCCC(C)(C(=O)OC(C)(C)C)C1. The molecule has 4 heteroatoms. The summed E-state index contributed by atoms with van der Waals surface area (Å²) in [6.07, 6.45) is 3.55. The highest BCUT2D eigenvalue weighted by Crippen LogP contribution is 2.50. The summed E-state index contributed by atoms with van der Waals surface area (Å²) in [5, 5.41) is 0. The smallest absolute Gasteiger partial charge is 0.312 e. The van der Waals surface area contributed by atoms with Crippen LogP contribution in [0.2, 0.25) is 0 Å². The minimum atomic E-state index is -0.627. The first kappa shape index (κ1) is 20.0. The molecule has 1 fully saturated rings. The normalized spacial score (nSPS) is 29.0. The van der Waals surface area contributed by atoms with Crippen LogP contribution in [0.1, 0.15) is 87.5 Å². The predicted molar refractivity (Wildman–Crippen MR) is 91.0 cm³/mol. The molecule has 4 nitrogen and oxygen atoms in total. The Balaban J connectivity index is 3.00. The van der Waals surface area contributed by atoms with Crippen LogP contribution in [-0.2, 0) is 19.1 Å². The summed E-state index contributed by atoms with van der Waals surface area (Å²) in [6.45, 7) is 15.2. The molecule has 0 amide bonds. The fourth-order valence-electron chi connectivity index (χ4n) is 3.32. The molecule has 0 heterocycles. The molecule has 0 saturated heterocycles. The first-order valence-electron chi connectivity index (χ1n) is 8.70. The molecular weight excluding hydrogens is 292 g/mol. The fourth-order valence-corrected chi connectivity index (χ4v) is 3.32. The van der Waals surface area contributed by atoms with E-state index in [0.29, 0.717) is 12.8 Å². The monoisotopic (exact) mass is 326 g/mol. The van der Waals surface area contributed by atoms with Crippen LogP contribution in [0, 0.1) is 10.8 Å². The number of carbonyl (C=O) groups excluding carboxylic acids is 2. The van der Waals surface area contributed by atoms with E-state index in [1.807, 2.05) is 55.4 Å². The Bertz CT molecular complexity index is 455. The Morgan fingerprint density at radius 2 is 1.39 bits per heavy atom. The molecule has 0 bridgehead atoms. The summed E-state index contributed by atoms with van der Waals surface area (Å²) in [4.78, 5) is 25.5. The van der Waals surface area contributed by atoms with Crippen LogP contribution in [0.25, 0.3) is 0 Å². The highest BCUT2D eigenvalue weighted by atomic mass is 16.6. The first-order valence-corrected chi connectivity index (χ1v) is 8.70. The summed E-state index contributed by atoms with van der Waals surface area (Å²) >= 11 is 0. The van der Waals surface area contributed by atoms with Gasteiger partial charge >= 0.3 is 11.9 Å². The zero-order valence-electron chi connectivity index (χ0n) is 16.2. The highest BCUT2D eigenvalue weighted by molar-refractivity contribution is 5.82. The van der Waals surface area contributed by atoms with Crippen LogP contribution in [0.5, 0.6) is 0 Å². The van der Waals surface area contributed by atoms with E-state index in [1.165, 1.54) is 0 Å². The van der Waals surface area contributed by atoms with Crippen LogP contribution in [-0.4, -0.2) is 23.1 Å². The lowest BCUT2D eigenvalue weighted by Gasteiger charge is -2.44. The Labute approximate surface area is 141 Å². The molecular formula is C19H34O4. The quantitative estimate of drug-likeness (QED) is 0.709. The van der Waals surface area contributed by atoms with Gasteiger partial charge in [0.1, 0.15) is 11.2 Å². The van der Waals surface area contributed by atoms with E-state index < -0.39 is 22.0 Å². The van der Waals surface area contributed by atoms with E-state index in [4.69, 9.17) is 9.47 Å². The molecule has 0 N–H and O–H groups in total. The van der Waals surface area contributed by atoms with Crippen molar-refractivity contribution in [3.63, 3.8) is 0 Å². The van der Waals surface area contributed by atoms with Crippen LogP contribution < -0.4 is 0 Å². The van der Waals surface area contributed by atoms with Gasteiger partial charge in [0.05, 0.1) is 10.8 Å². The third-order valence-corrected chi connectivity index (χ3v) is 4.51. The van der Waals surface area contributed by atoms with Crippen LogP contribution in [0.15, 0.2) is 0 Å². The van der Waals surface area contributed by atoms with Gasteiger partial charge in [0.15, 0.2) is 0 Å². The second-order valence-corrected chi connectivity index (χ2v) is 9.23. The standard InChI is InChI=1S/C19H34O4/c1-9-19(15(21)23-17(5,6)7)12-10-11-18(8,13-19)14(20)22-16(2,3)4/h9-13H2,1-8H3. The van der Waals surface area contributed by atoms with E-state index >= 15 is 0 Å². The minimum absolute atomic E-state index is 0.179. The Morgan fingerprint density at radius 1 is 0.913 bits per heavy atom. The maximum absolute atomic E-state index is 12.8. The topological polar surface area (TPSA) is 52.6 Å². The van der Waals surface area contributed by atoms with Crippen molar-refractivity contribution in [3.05, 3.63) is 0 Å². The van der Waals surface area contributed by atoms with Crippen LogP contribution in [0.3, 0.4) is 0 Å². The van der Waals surface area contributed by atoms with Gasteiger partial charge in [0, 0.05) is 0 Å². The molecule has 0 aromatic heterocycles. The summed E-state index contributed by atoms with van der Waals surface area (Å²) in [5.41, 5.74) is -2.24. The molecule has 2 atom stereocenters. The lowest BCUT2D eigenvalue weighted by Crippen LogP contribution is -2.47. The van der Waals surface area contributed by atoms with Crippen LogP contribution in [0.4, 0.5) is 0 Å². The van der Waals surface area contributed by atoms with Gasteiger partial charge < -0.3 is 9.47 Å². The minimum Gasteiger partial charge on any atom is -0.460 e. The second kappa shape index (κ2) is 6.45. The van der Waals surface area contributed by atoms with Gasteiger partial charge in [-0.1, -0.05) is 13.3 Å². The molecule has 0 aliphatic heterocycles. The average molecular weight is 326 g/mol. The summed E-state index contributed by atoms with van der Waals surface area (Å²) < 4.78 is 11.3. The zero-order valence-corrected chi connectivity index (χ0v) is 16.2. The fraction of sp³-hybridized carbons (Fsp3) is 0.895. The number of carbonyl (C=O) groups is 2. The molecule has 0 radical (unpaired) electrons. The van der Waals surface area contributed by atoms with Crippen molar-refractivity contribution in [2.24, 2.45) is 10.8 Å². The number of hydrogen-bond acceptors (Lipinski definition) is 4. The third kappa shape index (κ3) is 5.22. The molecule has 0 aromatic rings. The molecule has 1 aliphatic carbocycles. The van der Waals surface area contributed by atoms with Crippen molar-refractivity contribution < 1.29 is 19.1 Å². The molecule has 23 heavy (non-hydrogen) atoms. The van der Waals surface area contributed by atoms with E-state index in [9.17, 15) is 9.59 Å². The average Bonchev–Trinajstić information content (AvgIpc) is 2.34. The zero-order chi connectivity index (χ0) is 18.1. The third-order valence-electron chi connectivity index (χ3n) is 4.51. The maximum atomic E-state index is 12.8. The molecule has 0 spiro atoms. The molecule has 0 aromatic carbocycles. The van der Waals surface area contributed by atoms with E-state index in [0.717, 1.165) is 19.3 Å². The maximum Gasteiger partial charge on any atom is 0.312 e. The van der Waals surface area contributed by atoms with E-state index in [1.54, 1.807) is 0 Å². The van der Waals surface area contributed by atoms with Gasteiger partial charge in [-0.3, -0.25) is 9.59 Å². The molecule has 1 saturated carbocycles. The van der Waals surface area contributed by atoms with Gasteiger partial charge in [0.2, 0.25) is 0 Å². The summed E-state index contributed by atoms with van der Waals surface area (Å²) in [5.74, 6) is -0.381. The van der Waals surface area contributed by atoms with Gasteiger partial charge in [-0.2, -0.15) is 0 Å². The van der Waals surface area contributed by atoms with Crippen molar-refractivity contribution >= 4 is 11.9 Å². The van der Waals surface area contributed by atoms with Gasteiger partial charge in [-0.05, 0) is 74.1 Å². The van der Waals surface area contributed by atoms with Gasteiger partial charge in [-0.25, -0.2) is 0 Å². The first-order chi connectivity index (χ1) is 10.2. The largest absolute Gasteiger partial charge is 0.460 e. The van der Waals surface area contributed by atoms with Gasteiger partial charge in [0.25, 0.3) is 0 Å². The number of esters is 2. The molecule has 134 valence electrons. The highest BCUT2D eigenvalue weighted by Gasteiger charge is 2.52. The molecule has 1 aliphatic rings. The van der Waals surface area contributed by atoms with Gasteiger partial charge in [-0.15, -0.1) is 0 Å².